The van der Waals surface area contributed by atoms with E-state index < -0.39 is 0 Å². The van der Waals surface area contributed by atoms with Crippen LogP contribution in [0.1, 0.15) is 29.6 Å². The summed E-state index contributed by atoms with van der Waals surface area (Å²) < 4.78 is 0. The molecule has 2 aromatic rings. The predicted molar refractivity (Wildman–Crippen MR) is 102 cm³/mol. The second kappa shape index (κ2) is 6.67. The molecule has 3 heteroatoms. The van der Waals surface area contributed by atoms with Gasteiger partial charge in [-0.05, 0) is 53.7 Å². The van der Waals surface area contributed by atoms with Crippen molar-refractivity contribution in [3.63, 3.8) is 0 Å². The first kappa shape index (κ1) is 15.8. The van der Waals surface area contributed by atoms with Gasteiger partial charge in [-0.25, -0.2) is 0 Å². The lowest BCUT2D eigenvalue weighted by Gasteiger charge is -2.32. The van der Waals surface area contributed by atoms with Crippen molar-refractivity contribution in [2.24, 2.45) is 4.99 Å². The third-order valence-corrected chi connectivity index (χ3v) is 5.33. The number of rotatable bonds is 3. The zero-order valence-electron chi connectivity index (χ0n) is 14.5. The first-order valence-electron chi connectivity index (χ1n) is 8.86. The molecule has 0 fully saturated rings. The summed E-state index contributed by atoms with van der Waals surface area (Å²) in [5, 5.41) is 0. The number of carbonyl (C=O) groups is 1. The standard InChI is InChI=1S/C22H22N2O/c1-24(21-12-11-19-14-23-15-20(19)13-21)22(25)18-9-7-17(8-10-18)16-5-3-2-4-6-16/h2-10,15,21H,11-14H2,1H3. The molecule has 0 aromatic heterocycles. The summed E-state index contributed by atoms with van der Waals surface area (Å²) in [6.45, 7) is 0.862. The molecule has 25 heavy (non-hydrogen) atoms. The molecule has 0 saturated heterocycles. The van der Waals surface area contributed by atoms with Gasteiger partial charge in [0.25, 0.3) is 5.91 Å². The monoisotopic (exact) mass is 330 g/mol. The Labute approximate surface area is 148 Å². The Balaban J connectivity index is 1.48. The van der Waals surface area contributed by atoms with Crippen molar-refractivity contribution < 1.29 is 4.79 Å². The summed E-state index contributed by atoms with van der Waals surface area (Å²) in [5.41, 5.74) is 5.86. The van der Waals surface area contributed by atoms with Gasteiger partial charge in [0.2, 0.25) is 0 Å². The predicted octanol–water partition coefficient (Wildman–Crippen LogP) is 4.36. The number of hydrogen-bond donors (Lipinski definition) is 0. The van der Waals surface area contributed by atoms with Crippen LogP contribution < -0.4 is 0 Å². The highest BCUT2D eigenvalue weighted by molar-refractivity contribution is 5.95. The third kappa shape index (κ3) is 3.14. The Bertz CT molecular complexity index is 834. The summed E-state index contributed by atoms with van der Waals surface area (Å²) in [6, 6.07) is 18.4. The minimum Gasteiger partial charge on any atom is -0.338 e. The van der Waals surface area contributed by atoms with Crippen LogP contribution in [0.4, 0.5) is 0 Å². The van der Waals surface area contributed by atoms with E-state index in [1.807, 2.05) is 60.6 Å². The molecule has 126 valence electrons. The number of aliphatic imine (C=N–C) groups is 1. The highest BCUT2D eigenvalue weighted by Crippen LogP contribution is 2.30. The lowest BCUT2D eigenvalue weighted by atomic mass is 9.89. The first-order valence-corrected chi connectivity index (χ1v) is 8.86. The molecule has 1 heterocycles. The normalized spacial score (nSPS) is 19.0. The Morgan fingerprint density at radius 2 is 1.76 bits per heavy atom. The summed E-state index contributed by atoms with van der Waals surface area (Å²) in [6.07, 6.45) is 5.02. The molecule has 1 aliphatic heterocycles. The van der Waals surface area contributed by atoms with Gasteiger partial charge in [-0.2, -0.15) is 0 Å². The van der Waals surface area contributed by atoms with Gasteiger partial charge >= 0.3 is 0 Å². The van der Waals surface area contributed by atoms with E-state index in [1.165, 1.54) is 16.7 Å². The van der Waals surface area contributed by atoms with E-state index in [4.69, 9.17) is 0 Å². The fraction of sp³-hybridized carbons (Fsp3) is 0.273. The molecule has 4 rings (SSSR count). The van der Waals surface area contributed by atoms with Crippen molar-refractivity contribution in [3.8, 4) is 11.1 Å². The van der Waals surface area contributed by atoms with Crippen LogP contribution in [0, 0.1) is 0 Å². The topological polar surface area (TPSA) is 32.7 Å². The molecule has 0 N–H and O–H groups in total. The van der Waals surface area contributed by atoms with Crippen LogP contribution in [-0.2, 0) is 0 Å². The van der Waals surface area contributed by atoms with Gasteiger partial charge in [-0.15, -0.1) is 0 Å². The zero-order chi connectivity index (χ0) is 17.2. The lowest BCUT2D eigenvalue weighted by molar-refractivity contribution is 0.0720. The fourth-order valence-corrected chi connectivity index (χ4v) is 3.73. The maximum atomic E-state index is 12.9. The van der Waals surface area contributed by atoms with Crippen LogP contribution in [-0.4, -0.2) is 36.7 Å². The fourth-order valence-electron chi connectivity index (χ4n) is 3.73. The Morgan fingerprint density at radius 1 is 1.04 bits per heavy atom. The molecule has 2 aromatic carbocycles. The van der Waals surface area contributed by atoms with E-state index in [0.717, 1.165) is 36.9 Å². The zero-order valence-corrected chi connectivity index (χ0v) is 14.5. The van der Waals surface area contributed by atoms with Gasteiger partial charge in [0, 0.05) is 24.9 Å². The van der Waals surface area contributed by atoms with Crippen molar-refractivity contribution >= 4 is 12.1 Å². The molecule has 1 atom stereocenters. The maximum Gasteiger partial charge on any atom is 0.253 e. The number of carbonyl (C=O) groups excluding carboxylic acids is 1. The van der Waals surface area contributed by atoms with Gasteiger partial charge in [-0.3, -0.25) is 9.79 Å². The van der Waals surface area contributed by atoms with Crippen molar-refractivity contribution in [2.45, 2.75) is 25.3 Å². The van der Waals surface area contributed by atoms with E-state index >= 15 is 0 Å². The number of hydrogen-bond acceptors (Lipinski definition) is 2. The van der Waals surface area contributed by atoms with Gasteiger partial charge in [-0.1, -0.05) is 42.5 Å². The van der Waals surface area contributed by atoms with E-state index in [2.05, 4.69) is 17.1 Å². The molecule has 2 aliphatic rings. The molecular weight excluding hydrogens is 308 g/mol. The first-order chi connectivity index (χ1) is 12.2. The summed E-state index contributed by atoms with van der Waals surface area (Å²) in [5.74, 6) is 0.101. The average Bonchev–Trinajstić information content (AvgIpc) is 3.15. The quantitative estimate of drug-likeness (QED) is 0.823. The molecular formula is C22H22N2O. The number of nitrogens with zero attached hydrogens (tertiary/aromatic N) is 2. The maximum absolute atomic E-state index is 12.9. The SMILES string of the molecule is CN(C(=O)c1ccc(-c2ccccc2)cc1)C1CCC2=C(C=NC2)C1. The molecule has 1 unspecified atom stereocenters. The van der Waals surface area contributed by atoms with Crippen LogP contribution in [0.15, 0.2) is 70.7 Å². The highest BCUT2D eigenvalue weighted by Gasteiger charge is 2.27. The summed E-state index contributed by atoms with van der Waals surface area (Å²) in [4.78, 5) is 19.1. The minimum absolute atomic E-state index is 0.101. The van der Waals surface area contributed by atoms with E-state index in [1.54, 1.807) is 0 Å². The van der Waals surface area contributed by atoms with Crippen molar-refractivity contribution in [3.05, 3.63) is 71.3 Å². The van der Waals surface area contributed by atoms with Crippen LogP contribution in [0.3, 0.4) is 0 Å². The largest absolute Gasteiger partial charge is 0.338 e. The smallest absolute Gasteiger partial charge is 0.253 e. The van der Waals surface area contributed by atoms with Crippen molar-refractivity contribution in [2.75, 3.05) is 13.6 Å². The highest BCUT2D eigenvalue weighted by atomic mass is 16.2. The Kier molecular flexibility index (Phi) is 4.22. The van der Waals surface area contributed by atoms with Gasteiger partial charge in [0.15, 0.2) is 0 Å². The molecule has 1 aliphatic carbocycles. The molecule has 1 amide bonds. The van der Waals surface area contributed by atoms with Crippen LogP contribution >= 0.6 is 0 Å². The van der Waals surface area contributed by atoms with Crippen LogP contribution in [0.25, 0.3) is 11.1 Å². The number of benzene rings is 2. The molecule has 3 nitrogen and oxygen atoms in total. The van der Waals surface area contributed by atoms with Crippen molar-refractivity contribution in [1.29, 1.82) is 0 Å². The Hall–Kier alpha value is -2.68. The Morgan fingerprint density at radius 3 is 2.52 bits per heavy atom. The van der Waals surface area contributed by atoms with E-state index in [-0.39, 0.29) is 11.9 Å². The van der Waals surface area contributed by atoms with E-state index in [0.29, 0.717) is 0 Å². The van der Waals surface area contributed by atoms with Crippen LogP contribution in [0.5, 0.6) is 0 Å². The third-order valence-electron chi connectivity index (χ3n) is 5.33. The summed E-state index contributed by atoms with van der Waals surface area (Å²) in [7, 11) is 1.93. The van der Waals surface area contributed by atoms with Gasteiger partial charge < -0.3 is 4.90 Å². The van der Waals surface area contributed by atoms with Crippen molar-refractivity contribution in [1.82, 2.24) is 4.90 Å². The minimum atomic E-state index is 0.101. The van der Waals surface area contributed by atoms with Crippen LogP contribution in [0.2, 0.25) is 0 Å². The second-order valence-corrected chi connectivity index (χ2v) is 6.85. The summed E-state index contributed by atoms with van der Waals surface area (Å²) >= 11 is 0. The second-order valence-electron chi connectivity index (χ2n) is 6.85. The number of amides is 1. The average molecular weight is 330 g/mol. The molecule has 0 bridgehead atoms. The van der Waals surface area contributed by atoms with Gasteiger partial charge in [0.1, 0.15) is 0 Å². The molecule has 0 spiro atoms. The molecule has 0 radical (unpaired) electrons. The van der Waals surface area contributed by atoms with Gasteiger partial charge in [0.05, 0.1) is 6.54 Å². The van der Waals surface area contributed by atoms with E-state index in [9.17, 15) is 4.79 Å². The lowest BCUT2D eigenvalue weighted by Crippen LogP contribution is -2.38. The molecule has 0 saturated carbocycles.